The highest BCUT2D eigenvalue weighted by molar-refractivity contribution is 5.98. The normalized spacial score (nSPS) is 25.5. The predicted octanol–water partition coefficient (Wildman–Crippen LogP) is 1.68. The van der Waals surface area contributed by atoms with Gasteiger partial charge in [0.15, 0.2) is 6.04 Å². The molecule has 2 fully saturated rings. The molecule has 2 N–H and O–H groups in total. The maximum Gasteiger partial charge on any atom is 0.328 e. The van der Waals surface area contributed by atoms with E-state index < -0.39 is 24.0 Å². The summed E-state index contributed by atoms with van der Waals surface area (Å²) in [5.74, 6) is -1.45. The van der Waals surface area contributed by atoms with Crippen molar-refractivity contribution in [2.45, 2.75) is 50.2 Å². The highest BCUT2D eigenvalue weighted by Crippen LogP contribution is 2.40. The van der Waals surface area contributed by atoms with E-state index in [0.717, 1.165) is 25.7 Å². The number of carbonyl (C=O) groups is 3. The second kappa shape index (κ2) is 8.52. The smallest absolute Gasteiger partial charge is 0.328 e. The third-order valence-electron chi connectivity index (χ3n) is 5.59. The van der Waals surface area contributed by atoms with Crippen LogP contribution in [0.15, 0.2) is 30.3 Å². The summed E-state index contributed by atoms with van der Waals surface area (Å²) in [7, 11) is 1.39. The van der Waals surface area contributed by atoms with Gasteiger partial charge in [-0.15, -0.1) is 0 Å². The van der Waals surface area contributed by atoms with Crippen LogP contribution in [0.5, 0.6) is 0 Å². The molecule has 1 saturated carbocycles. The zero-order valence-electron chi connectivity index (χ0n) is 15.5. The van der Waals surface area contributed by atoms with Crippen LogP contribution in [0.4, 0.5) is 0 Å². The summed E-state index contributed by atoms with van der Waals surface area (Å²) in [4.78, 5) is 39.1. The first-order valence-corrected chi connectivity index (χ1v) is 9.42. The van der Waals surface area contributed by atoms with E-state index in [1.807, 2.05) is 6.07 Å². The van der Waals surface area contributed by atoms with Gasteiger partial charge in [-0.1, -0.05) is 31.0 Å². The Labute approximate surface area is 158 Å². The van der Waals surface area contributed by atoms with Gasteiger partial charge >= 0.3 is 5.97 Å². The number of nitrogens with one attached hydrogen (secondary N) is 1. The van der Waals surface area contributed by atoms with Crippen molar-refractivity contribution in [3.05, 3.63) is 35.9 Å². The third kappa shape index (κ3) is 4.13. The molecule has 1 heterocycles. The first-order chi connectivity index (χ1) is 13.0. The maximum atomic E-state index is 13.2. The van der Waals surface area contributed by atoms with E-state index in [1.54, 1.807) is 29.2 Å². The van der Waals surface area contributed by atoms with Crippen molar-refractivity contribution < 1.29 is 24.2 Å². The van der Waals surface area contributed by atoms with Crippen molar-refractivity contribution in [1.29, 1.82) is 0 Å². The number of hydrogen-bond donors (Lipinski definition) is 2. The largest absolute Gasteiger partial charge is 0.480 e. The molecule has 146 valence electrons. The zero-order valence-corrected chi connectivity index (χ0v) is 15.5. The molecule has 3 rings (SSSR count). The van der Waals surface area contributed by atoms with Crippen LogP contribution >= 0.6 is 0 Å². The molecule has 4 atom stereocenters. The van der Waals surface area contributed by atoms with Gasteiger partial charge in [-0.3, -0.25) is 9.59 Å². The van der Waals surface area contributed by atoms with E-state index in [1.165, 1.54) is 7.11 Å². The van der Waals surface area contributed by atoms with Gasteiger partial charge in [0.25, 0.3) is 5.91 Å². The number of ether oxygens (including phenoxy) is 1. The first-order valence-electron chi connectivity index (χ1n) is 9.42. The van der Waals surface area contributed by atoms with Gasteiger partial charge in [0, 0.05) is 18.7 Å². The molecular weight excluding hydrogens is 348 g/mol. The average Bonchev–Trinajstić information content (AvgIpc) is 3.07. The maximum absolute atomic E-state index is 13.2. The lowest BCUT2D eigenvalue weighted by Gasteiger charge is -2.34. The van der Waals surface area contributed by atoms with Crippen LogP contribution in [0, 0.1) is 5.92 Å². The molecule has 1 saturated heterocycles. The number of rotatable bonds is 6. The van der Waals surface area contributed by atoms with Gasteiger partial charge < -0.3 is 20.1 Å². The van der Waals surface area contributed by atoms with Crippen molar-refractivity contribution in [3.63, 3.8) is 0 Å². The number of aliphatic carboxylic acids is 1. The van der Waals surface area contributed by atoms with Crippen LogP contribution < -0.4 is 5.32 Å². The lowest BCUT2D eigenvalue weighted by atomic mass is 9.84. The number of carboxylic acids is 1. The molecule has 1 aliphatic heterocycles. The molecule has 1 aliphatic carbocycles. The first kappa shape index (κ1) is 19.4. The van der Waals surface area contributed by atoms with Gasteiger partial charge in [-0.25, -0.2) is 4.79 Å². The molecule has 7 nitrogen and oxygen atoms in total. The van der Waals surface area contributed by atoms with Crippen molar-refractivity contribution in [2.75, 3.05) is 13.7 Å². The fourth-order valence-electron chi connectivity index (χ4n) is 4.33. The molecule has 4 unspecified atom stereocenters. The fraction of sp³-hybridized carbons (Fsp3) is 0.550. The second-order valence-corrected chi connectivity index (χ2v) is 7.30. The lowest BCUT2D eigenvalue weighted by molar-refractivity contribution is -0.144. The minimum atomic E-state index is -1.15. The molecule has 2 amide bonds. The lowest BCUT2D eigenvalue weighted by Crippen LogP contribution is -2.53. The Bertz CT molecular complexity index is 693. The number of likely N-dealkylation sites (tertiary alicyclic amines) is 1. The number of methoxy groups -OCH3 is 1. The van der Waals surface area contributed by atoms with Gasteiger partial charge in [-0.05, 0) is 37.3 Å². The molecule has 27 heavy (non-hydrogen) atoms. The van der Waals surface area contributed by atoms with Crippen LogP contribution in [0.25, 0.3) is 0 Å². The second-order valence-electron chi connectivity index (χ2n) is 7.30. The summed E-state index contributed by atoms with van der Waals surface area (Å²) in [6, 6.07) is 7.20. The molecule has 1 aromatic carbocycles. The van der Waals surface area contributed by atoms with E-state index in [-0.39, 0.29) is 24.5 Å². The number of nitrogens with zero attached hydrogens (tertiary/aromatic N) is 1. The van der Waals surface area contributed by atoms with Crippen LogP contribution in [0.1, 0.15) is 42.5 Å². The Balaban J connectivity index is 1.83. The number of carbonyl (C=O) groups excluding carboxylic acids is 2. The Hall–Kier alpha value is -2.41. The topological polar surface area (TPSA) is 95.9 Å². The average molecular weight is 374 g/mol. The van der Waals surface area contributed by atoms with Crippen molar-refractivity contribution in [2.24, 2.45) is 5.92 Å². The minimum absolute atomic E-state index is 0.0351. The summed E-state index contributed by atoms with van der Waals surface area (Å²) in [5.41, 5.74) is 0.549. The zero-order chi connectivity index (χ0) is 19.4. The van der Waals surface area contributed by atoms with Crippen LogP contribution in [0.2, 0.25) is 0 Å². The summed E-state index contributed by atoms with van der Waals surface area (Å²) >= 11 is 0. The third-order valence-corrected chi connectivity index (χ3v) is 5.59. The number of carboxylic acid groups (broad SMARTS) is 1. The molecule has 7 heteroatoms. The summed E-state index contributed by atoms with van der Waals surface area (Å²) in [5, 5.41) is 11.8. The van der Waals surface area contributed by atoms with Gasteiger partial charge in [0.2, 0.25) is 5.91 Å². The summed E-state index contributed by atoms with van der Waals surface area (Å²) < 4.78 is 4.89. The van der Waals surface area contributed by atoms with E-state index in [9.17, 15) is 19.5 Å². The van der Waals surface area contributed by atoms with Gasteiger partial charge in [0.1, 0.15) is 6.04 Å². The van der Waals surface area contributed by atoms with Gasteiger partial charge in [-0.2, -0.15) is 0 Å². The highest BCUT2D eigenvalue weighted by Gasteiger charge is 2.48. The molecular formula is C20H26N2O5. The Morgan fingerprint density at radius 1 is 1.22 bits per heavy atom. The summed E-state index contributed by atoms with van der Waals surface area (Å²) in [6.07, 6.45) is 4.59. The van der Waals surface area contributed by atoms with E-state index in [4.69, 9.17) is 4.74 Å². The highest BCUT2D eigenvalue weighted by atomic mass is 16.5. The number of amides is 2. The molecule has 0 aromatic heterocycles. The Morgan fingerprint density at radius 2 is 1.93 bits per heavy atom. The SMILES string of the molecule is COCC(NC(=O)C1CC2CCCCC2N1C(=O)c1ccccc1)C(=O)O. The van der Waals surface area contributed by atoms with Crippen LogP contribution in [0.3, 0.4) is 0 Å². The number of hydrogen-bond acceptors (Lipinski definition) is 4. The standard InChI is InChI=1S/C20H26N2O5/c1-27-12-15(20(25)26)21-18(23)17-11-14-9-5-6-10-16(14)22(17)19(24)13-7-3-2-4-8-13/h2-4,7-8,14-17H,5-6,9-12H2,1H3,(H,21,23)(H,25,26). The van der Waals surface area contributed by atoms with E-state index >= 15 is 0 Å². The Kier molecular flexibility index (Phi) is 6.11. The molecule has 0 radical (unpaired) electrons. The van der Waals surface area contributed by atoms with E-state index in [0.29, 0.717) is 12.0 Å². The van der Waals surface area contributed by atoms with Crippen molar-refractivity contribution >= 4 is 17.8 Å². The van der Waals surface area contributed by atoms with Crippen molar-refractivity contribution in [1.82, 2.24) is 10.2 Å². The fourth-order valence-corrected chi connectivity index (χ4v) is 4.33. The molecule has 2 aliphatic rings. The predicted molar refractivity (Wildman–Crippen MR) is 98.2 cm³/mol. The molecule has 1 aromatic rings. The van der Waals surface area contributed by atoms with Crippen molar-refractivity contribution in [3.8, 4) is 0 Å². The van der Waals surface area contributed by atoms with Gasteiger partial charge in [0.05, 0.1) is 6.61 Å². The minimum Gasteiger partial charge on any atom is -0.480 e. The molecule has 0 bridgehead atoms. The van der Waals surface area contributed by atoms with E-state index in [2.05, 4.69) is 5.32 Å². The van der Waals surface area contributed by atoms with Crippen LogP contribution in [-0.4, -0.2) is 59.6 Å². The monoisotopic (exact) mass is 374 g/mol. The molecule has 0 spiro atoms. The summed E-state index contributed by atoms with van der Waals surface area (Å²) in [6.45, 7) is -0.118. The quantitative estimate of drug-likeness (QED) is 0.790. The van der Waals surface area contributed by atoms with Crippen LogP contribution in [-0.2, 0) is 14.3 Å². The number of fused-ring (bicyclic) bond motifs is 1. The Morgan fingerprint density at radius 3 is 2.59 bits per heavy atom. The number of benzene rings is 1.